The molecule has 1 N–H and O–H groups in total. The Labute approximate surface area is 113 Å². The molecule has 0 atom stereocenters. The zero-order valence-electron chi connectivity index (χ0n) is 10.3. The number of nitrogens with zero attached hydrogens (tertiary/aromatic N) is 1. The summed E-state index contributed by atoms with van der Waals surface area (Å²) < 4.78 is 23.5. The summed E-state index contributed by atoms with van der Waals surface area (Å²) in [5.41, 5.74) is 0.712. The average molecular weight is 289 g/mol. The molecule has 0 radical (unpaired) electrons. The minimum Gasteiger partial charge on any atom is -0.314 e. The van der Waals surface area contributed by atoms with E-state index in [0.717, 1.165) is 26.2 Å². The van der Waals surface area contributed by atoms with Crippen molar-refractivity contribution < 1.29 is 8.42 Å². The van der Waals surface area contributed by atoms with Crippen molar-refractivity contribution in [3.63, 3.8) is 0 Å². The van der Waals surface area contributed by atoms with Crippen molar-refractivity contribution >= 4 is 21.4 Å². The molecule has 0 amide bonds. The van der Waals surface area contributed by atoms with Crippen molar-refractivity contribution in [1.82, 2.24) is 10.2 Å². The van der Waals surface area contributed by atoms with Crippen LogP contribution >= 0.6 is 11.6 Å². The van der Waals surface area contributed by atoms with Crippen LogP contribution in [-0.4, -0.2) is 45.8 Å². The Kier molecular flexibility index (Phi) is 4.27. The minimum atomic E-state index is -3.23. The van der Waals surface area contributed by atoms with Gasteiger partial charge in [-0.3, -0.25) is 4.90 Å². The standard InChI is InChI=1S/C12H17ClN2O2S/c1-18(16,17)12-4-2-3-11(13)10(12)9-15-7-5-14-6-8-15/h2-4,14H,5-9H2,1H3. The highest BCUT2D eigenvalue weighted by molar-refractivity contribution is 7.90. The van der Waals surface area contributed by atoms with E-state index < -0.39 is 9.84 Å². The van der Waals surface area contributed by atoms with E-state index in [-0.39, 0.29) is 0 Å². The number of benzene rings is 1. The van der Waals surface area contributed by atoms with Gasteiger partial charge in [-0.1, -0.05) is 17.7 Å². The molecule has 1 aliphatic rings. The van der Waals surface area contributed by atoms with Gasteiger partial charge in [-0.25, -0.2) is 8.42 Å². The van der Waals surface area contributed by atoms with Gasteiger partial charge in [0.25, 0.3) is 0 Å². The highest BCUT2D eigenvalue weighted by atomic mass is 35.5. The van der Waals surface area contributed by atoms with Crippen LogP contribution in [0.2, 0.25) is 5.02 Å². The fourth-order valence-corrected chi connectivity index (χ4v) is 3.37. The molecular formula is C12H17ClN2O2S. The molecule has 0 saturated carbocycles. The van der Waals surface area contributed by atoms with E-state index in [2.05, 4.69) is 10.2 Å². The van der Waals surface area contributed by atoms with Crippen LogP contribution in [0, 0.1) is 0 Å². The SMILES string of the molecule is CS(=O)(=O)c1cccc(Cl)c1CN1CCNCC1. The maximum atomic E-state index is 11.8. The summed E-state index contributed by atoms with van der Waals surface area (Å²) in [6.45, 7) is 4.27. The number of hydrogen-bond donors (Lipinski definition) is 1. The van der Waals surface area contributed by atoms with Crippen molar-refractivity contribution in [3.8, 4) is 0 Å². The van der Waals surface area contributed by atoms with E-state index in [0.29, 0.717) is 22.0 Å². The van der Waals surface area contributed by atoms with Gasteiger partial charge in [0.2, 0.25) is 0 Å². The van der Waals surface area contributed by atoms with Crippen LogP contribution in [0.15, 0.2) is 23.1 Å². The summed E-state index contributed by atoms with van der Waals surface area (Å²) in [6.07, 6.45) is 1.22. The second kappa shape index (κ2) is 5.57. The maximum Gasteiger partial charge on any atom is 0.175 e. The summed E-state index contributed by atoms with van der Waals surface area (Å²) in [4.78, 5) is 2.56. The topological polar surface area (TPSA) is 49.4 Å². The van der Waals surface area contributed by atoms with Crippen molar-refractivity contribution in [1.29, 1.82) is 0 Å². The summed E-state index contributed by atoms with van der Waals surface area (Å²) in [6, 6.07) is 5.05. The quantitative estimate of drug-likeness (QED) is 0.906. The zero-order valence-corrected chi connectivity index (χ0v) is 11.9. The Hall–Kier alpha value is -0.620. The lowest BCUT2D eigenvalue weighted by Gasteiger charge is -2.28. The predicted molar refractivity (Wildman–Crippen MR) is 72.7 cm³/mol. The van der Waals surface area contributed by atoms with Crippen LogP contribution < -0.4 is 5.32 Å². The van der Waals surface area contributed by atoms with Crippen LogP contribution in [0.4, 0.5) is 0 Å². The third kappa shape index (κ3) is 3.23. The summed E-state index contributed by atoms with van der Waals surface area (Å²) >= 11 is 6.15. The molecule has 0 aromatic heterocycles. The maximum absolute atomic E-state index is 11.8. The van der Waals surface area contributed by atoms with E-state index in [9.17, 15) is 8.42 Å². The van der Waals surface area contributed by atoms with Crippen LogP contribution in [0.3, 0.4) is 0 Å². The highest BCUT2D eigenvalue weighted by Gasteiger charge is 2.19. The summed E-state index contributed by atoms with van der Waals surface area (Å²) in [5, 5.41) is 3.79. The molecule has 0 unspecified atom stereocenters. The van der Waals surface area contributed by atoms with E-state index in [1.165, 1.54) is 6.26 Å². The van der Waals surface area contributed by atoms with Gasteiger partial charge in [-0.05, 0) is 12.1 Å². The number of nitrogens with one attached hydrogen (secondary N) is 1. The van der Waals surface area contributed by atoms with Gasteiger partial charge in [0.1, 0.15) is 0 Å². The van der Waals surface area contributed by atoms with E-state index in [1.807, 2.05) is 0 Å². The zero-order chi connectivity index (χ0) is 13.2. The molecule has 6 heteroatoms. The van der Waals surface area contributed by atoms with Crippen molar-refractivity contribution in [2.24, 2.45) is 0 Å². The Morgan fingerprint density at radius 2 is 2.00 bits per heavy atom. The Morgan fingerprint density at radius 1 is 1.33 bits per heavy atom. The lowest BCUT2D eigenvalue weighted by atomic mass is 10.2. The lowest BCUT2D eigenvalue weighted by Crippen LogP contribution is -2.43. The van der Waals surface area contributed by atoms with Gasteiger partial charge in [0.15, 0.2) is 9.84 Å². The number of piperazine rings is 1. The van der Waals surface area contributed by atoms with E-state index >= 15 is 0 Å². The van der Waals surface area contributed by atoms with Crippen LogP contribution in [-0.2, 0) is 16.4 Å². The number of rotatable bonds is 3. The van der Waals surface area contributed by atoms with Gasteiger partial charge >= 0.3 is 0 Å². The monoisotopic (exact) mass is 288 g/mol. The fraction of sp³-hybridized carbons (Fsp3) is 0.500. The van der Waals surface area contributed by atoms with Crippen molar-refractivity contribution in [3.05, 3.63) is 28.8 Å². The first-order valence-corrected chi connectivity index (χ1v) is 8.16. The van der Waals surface area contributed by atoms with Gasteiger partial charge in [-0.15, -0.1) is 0 Å². The molecule has 2 rings (SSSR count). The van der Waals surface area contributed by atoms with Gasteiger partial charge in [-0.2, -0.15) is 0 Å². The largest absolute Gasteiger partial charge is 0.314 e. The second-order valence-electron chi connectivity index (χ2n) is 4.51. The molecule has 1 heterocycles. The average Bonchev–Trinajstić information content (AvgIpc) is 2.32. The van der Waals surface area contributed by atoms with Crippen LogP contribution in [0.5, 0.6) is 0 Å². The number of sulfone groups is 1. The lowest BCUT2D eigenvalue weighted by molar-refractivity contribution is 0.231. The van der Waals surface area contributed by atoms with E-state index in [4.69, 9.17) is 11.6 Å². The Morgan fingerprint density at radius 3 is 2.61 bits per heavy atom. The first-order chi connectivity index (χ1) is 8.48. The highest BCUT2D eigenvalue weighted by Crippen LogP contribution is 2.25. The molecule has 100 valence electrons. The molecule has 0 spiro atoms. The molecule has 1 aromatic carbocycles. The van der Waals surface area contributed by atoms with Crippen LogP contribution in [0.25, 0.3) is 0 Å². The molecule has 4 nitrogen and oxygen atoms in total. The smallest absolute Gasteiger partial charge is 0.175 e. The molecular weight excluding hydrogens is 272 g/mol. The van der Waals surface area contributed by atoms with Gasteiger partial charge in [0, 0.05) is 49.6 Å². The minimum absolute atomic E-state index is 0.341. The number of halogens is 1. The normalized spacial score (nSPS) is 17.9. The second-order valence-corrected chi connectivity index (χ2v) is 6.91. The third-order valence-electron chi connectivity index (χ3n) is 3.07. The molecule has 1 saturated heterocycles. The first-order valence-electron chi connectivity index (χ1n) is 5.89. The van der Waals surface area contributed by atoms with E-state index in [1.54, 1.807) is 18.2 Å². The predicted octanol–water partition coefficient (Wildman–Crippen LogP) is 1.15. The molecule has 1 aromatic rings. The van der Waals surface area contributed by atoms with Gasteiger partial charge in [0.05, 0.1) is 4.90 Å². The molecule has 1 aliphatic heterocycles. The Balaban J connectivity index is 2.31. The van der Waals surface area contributed by atoms with Gasteiger partial charge < -0.3 is 5.32 Å². The fourth-order valence-electron chi connectivity index (χ4n) is 2.13. The Bertz CT molecular complexity index is 525. The number of hydrogen-bond acceptors (Lipinski definition) is 4. The summed E-state index contributed by atoms with van der Waals surface area (Å²) in [5.74, 6) is 0. The molecule has 0 aliphatic carbocycles. The summed E-state index contributed by atoms with van der Waals surface area (Å²) in [7, 11) is -3.23. The molecule has 0 bridgehead atoms. The van der Waals surface area contributed by atoms with Crippen molar-refractivity contribution in [2.75, 3.05) is 32.4 Å². The molecule has 18 heavy (non-hydrogen) atoms. The molecule has 1 fully saturated rings. The van der Waals surface area contributed by atoms with Crippen LogP contribution in [0.1, 0.15) is 5.56 Å². The van der Waals surface area contributed by atoms with Crippen molar-refractivity contribution in [2.45, 2.75) is 11.4 Å². The first kappa shape index (κ1) is 13.8. The third-order valence-corrected chi connectivity index (χ3v) is 4.60.